The lowest BCUT2D eigenvalue weighted by molar-refractivity contribution is -0.0827. The van der Waals surface area contributed by atoms with E-state index in [0.29, 0.717) is 12.3 Å². The van der Waals surface area contributed by atoms with Crippen LogP contribution in [0.1, 0.15) is 30.1 Å². The molecule has 1 aliphatic rings. The summed E-state index contributed by atoms with van der Waals surface area (Å²) in [5, 5.41) is 9.05. The van der Waals surface area contributed by atoms with Crippen molar-refractivity contribution in [2.75, 3.05) is 13.1 Å². The fourth-order valence-electron chi connectivity index (χ4n) is 2.84. The maximum Gasteiger partial charge on any atom is 0.129 e. The van der Waals surface area contributed by atoms with Crippen LogP contribution in [0.4, 0.5) is 4.39 Å². The van der Waals surface area contributed by atoms with Crippen LogP contribution >= 0.6 is 0 Å². The summed E-state index contributed by atoms with van der Waals surface area (Å²) in [6.45, 7) is 4.16. The van der Waals surface area contributed by atoms with Crippen LogP contribution in [0, 0.1) is 5.82 Å². The van der Waals surface area contributed by atoms with Crippen LogP contribution in [0.2, 0.25) is 0 Å². The predicted octanol–water partition coefficient (Wildman–Crippen LogP) is 2.87. The lowest BCUT2D eigenvalue weighted by Gasteiger charge is -2.36. The molecule has 0 aliphatic carbocycles. The lowest BCUT2D eigenvalue weighted by Crippen LogP contribution is -2.42. The van der Waals surface area contributed by atoms with E-state index in [4.69, 9.17) is 14.3 Å². The zero-order valence-electron chi connectivity index (χ0n) is 12.5. The van der Waals surface area contributed by atoms with Gasteiger partial charge in [-0.25, -0.2) is 4.39 Å². The number of hydrogen-bond acceptors (Lipinski definition) is 4. The summed E-state index contributed by atoms with van der Waals surface area (Å²) in [5.41, 5.74) is 0.980. The number of benzene rings is 1. The zero-order valence-corrected chi connectivity index (χ0v) is 12.5. The van der Waals surface area contributed by atoms with Gasteiger partial charge in [0.1, 0.15) is 23.9 Å². The first-order valence-electron chi connectivity index (χ1n) is 7.46. The Morgan fingerprint density at radius 2 is 1.86 bits per heavy atom. The molecule has 1 aromatic carbocycles. The number of halogens is 1. The van der Waals surface area contributed by atoms with Gasteiger partial charge in [-0.2, -0.15) is 0 Å². The first-order valence-corrected chi connectivity index (χ1v) is 7.46. The first kappa shape index (κ1) is 15.2. The van der Waals surface area contributed by atoms with Gasteiger partial charge in [-0.05, 0) is 36.8 Å². The Hall–Kier alpha value is -1.69. The SMILES string of the molecule is C[C@H]1CN(Cc2ccc(CO)o2)C[C@@H](c2ccc(F)cc2)O1. The van der Waals surface area contributed by atoms with Crippen molar-refractivity contribution in [3.63, 3.8) is 0 Å². The highest BCUT2D eigenvalue weighted by molar-refractivity contribution is 5.19. The minimum Gasteiger partial charge on any atom is -0.462 e. The van der Waals surface area contributed by atoms with E-state index in [1.165, 1.54) is 12.1 Å². The van der Waals surface area contributed by atoms with Crippen molar-refractivity contribution in [1.29, 1.82) is 0 Å². The van der Waals surface area contributed by atoms with Crippen molar-refractivity contribution < 1.29 is 18.7 Å². The van der Waals surface area contributed by atoms with Crippen molar-refractivity contribution in [3.05, 3.63) is 59.3 Å². The lowest BCUT2D eigenvalue weighted by atomic mass is 10.1. The molecule has 1 aromatic heterocycles. The number of rotatable bonds is 4. The highest BCUT2D eigenvalue weighted by Crippen LogP contribution is 2.26. The van der Waals surface area contributed by atoms with E-state index >= 15 is 0 Å². The smallest absolute Gasteiger partial charge is 0.129 e. The number of nitrogens with zero attached hydrogens (tertiary/aromatic N) is 1. The minimum absolute atomic E-state index is 0.0726. The minimum atomic E-state index is -0.239. The molecule has 0 unspecified atom stereocenters. The molecule has 5 heteroatoms. The molecule has 2 aromatic rings. The van der Waals surface area contributed by atoms with Gasteiger partial charge in [0.2, 0.25) is 0 Å². The molecule has 1 fully saturated rings. The normalized spacial score (nSPS) is 22.9. The Labute approximate surface area is 129 Å². The summed E-state index contributed by atoms with van der Waals surface area (Å²) in [4.78, 5) is 2.25. The number of morpholine rings is 1. The van der Waals surface area contributed by atoms with E-state index in [0.717, 1.165) is 24.4 Å². The highest BCUT2D eigenvalue weighted by Gasteiger charge is 2.27. The molecular formula is C17H20FNO3. The molecule has 22 heavy (non-hydrogen) atoms. The topological polar surface area (TPSA) is 45.8 Å². The summed E-state index contributed by atoms with van der Waals surface area (Å²) in [5.74, 6) is 1.17. The Bertz CT molecular complexity index is 611. The molecule has 1 N–H and O–H groups in total. The van der Waals surface area contributed by atoms with Crippen molar-refractivity contribution in [2.45, 2.75) is 32.3 Å². The largest absolute Gasteiger partial charge is 0.462 e. The van der Waals surface area contributed by atoms with Gasteiger partial charge in [0.15, 0.2) is 0 Å². The van der Waals surface area contributed by atoms with Crippen LogP contribution in [-0.2, 0) is 17.9 Å². The average Bonchev–Trinajstić information content (AvgIpc) is 2.95. The van der Waals surface area contributed by atoms with E-state index in [9.17, 15) is 4.39 Å². The second-order valence-electron chi connectivity index (χ2n) is 5.71. The standard InChI is InChI=1S/C17H20FNO3/c1-12-8-19(9-15-6-7-16(11-20)22-15)10-17(21-12)13-2-4-14(18)5-3-13/h2-7,12,17,20H,8-11H2,1H3/t12-,17-/m0/s1. The third-order valence-electron chi connectivity index (χ3n) is 3.83. The number of aliphatic hydroxyl groups excluding tert-OH is 1. The second kappa shape index (κ2) is 6.60. The third-order valence-corrected chi connectivity index (χ3v) is 3.83. The molecule has 1 saturated heterocycles. The van der Waals surface area contributed by atoms with E-state index in [2.05, 4.69) is 4.90 Å². The average molecular weight is 305 g/mol. The van der Waals surface area contributed by atoms with Gasteiger partial charge in [0, 0.05) is 13.1 Å². The quantitative estimate of drug-likeness (QED) is 0.943. The van der Waals surface area contributed by atoms with Crippen LogP contribution in [0.15, 0.2) is 40.8 Å². The van der Waals surface area contributed by atoms with Gasteiger partial charge in [0.25, 0.3) is 0 Å². The van der Waals surface area contributed by atoms with Crippen LogP contribution in [0.3, 0.4) is 0 Å². The molecule has 2 atom stereocenters. The molecule has 118 valence electrons. The van der Waals surface area contributed by atoms with Crippen molar-refractivity contribution >= 4 is 0 Å². The maximum atomic E-state index is 13.0. The summed E-state index contributed by atoms with van der Waals surface area (Å²) in [6.07, 6.45) is 0.0210. The predicted molar refractivity (Wildman–Crippen MR) is 79.6 cm³/mol. The van der Waals surface area contributed by atoms with Gasteiger partial charge >= 0.3 is 0 Å². The number of ether oxygens (including phenoxy) is 1. The highest BCUT2D eigenvalue weighted by atomic mass is 19.1. The molecular weight excluding hydrogens is 285 g/mol. The van der Waals surface area contributed by atoms with Crippen LogP contribution in [0.25, 0.3) is 0 Å². The molecule has 0 radical (unpaired) electrons. The van der Waals surface area contributed by atoms with Gasteiger partial charge in [0.05, 0.1) is 18.8 Å². The molecule has 3 rings (SSSR count). The molecule has 0 saturated carbocycles. The third kappa shape index (κ3) is 3.55. The molecule has 0 amide bonds. The second-order valence-corrected chi connectivity index (χ2v) is 5.71. The number of furan rings is 1. The van der Waals surface area contributed by atoms with E-state index < -0.39 is 0 Å². The van der Waals surface area contributed by atoms with Crippen molar-refractivity contribution in [1.82, 2.24) is 4.90 Å². The zero-order chi connectivity index (χ0) is 15.5. The Morgan fingerprint density at radius 3 is 2.55 bits per heavy atom. The van der Waals surface area contributed by atoms with Crippen LogP contribution in [-0.4, -0.2) is 29.2 Å². The Kier molecular flexibility index (Phi) is 4.57. The summed E-state index contributed by atoms with van der Waals surface area (Å²) in [6, 6.07) is 10.1. The van der Waals surface area contributed by atoms with E-state index in [-0.39, 0.29) is 24.6 Å². The summed E-state index contributed by atoms with van der Waals surface area (Å²) >= 11 is 0. The summed E-state index contributed by atoms with van der Waals surface area (Å²) < 4.78 is 24.6. The monoisotopic (exact) mass is 305 g/mol. The fourth-order valence-corrected chi connectivity index (χ4v) is 2.84. The summed E-state index contributed by atoms with van der Waals surface area (Å²) in [7, 11) is 0. The van der Waals surface area contributed by atoms with Gasteiger partial charge in [-0.3, -0.25) is 4.90 Å². The van der Waals surface area contributed by atoms with Crippen molar-refractivity contribution in [3.8, 4) is 0 Å². The Balaban J connectivity index is 1.69. The number of aliphatic hydroxyl groups is 1. The first-order chi connectivity index (χ1) is 10.6. The molecule has 4 nitrogen and oxygen atoms in total. The molecule has 0 spiro atoms. The maximum absolute atomic E-state index is 13.0. The van der Waals surface area contributed by atoms with E-state index in [1.807, 2.05) is 13.0 Å². The Morgan fingerprint density at radius 1 is 1.14 bits per heavy atom. The number of hydrogen-bond donors (Lipinski definition) is 1. The molecule has 2 heterocycles. The van der Waals surface area contributed by atoms with Crippen molar-refractivity contribution in [2.24, 2.45) is 0 Å². The van der Waals surface area contributed by atoms with Crippen LogP contribution in [0.5, 0.6) is 0 Å². The van der Waals surface area contributed by atoms with Gasteiger partial charge < -0.3 is 14.3 Å². The van der Waals surface area contributed by atoms with Gasteiger partial charge in [-0.15, -0.1) is 0 Å². The van der Waals surface area contributed by atoms with Gasteiger partial charge in [-0.1, -0.05) is 12.1 Å². The molecule has 0 bridgehead atoms. The van der Waals surface area contributed by atoms with E-state index in [1.54, 1.807) is 18.2 Å². The fraction of sp³-hybridized carbons (Fsp3) is 0.412. The molecule has 1 aliphatic heterocycles. The van der Waals surface area contributed by atoms with Crippen LogP contribution < -0.4 is 0 Å².